The topological polar surface area (TPSA) is 82.2 Å². The lowest BCUT2D eigenvalue weighted by molar-refractivity contribution is -0.130. The van der Waals surface area contributed by atoms with Gasteiger partial charge in [0.15, 0.2) is 5.16 Å². The van der Waals surface area contributed by atoms with Crippen LogP contribution in [0, 0.1) is 11.3 Å². The largest absolute Gasteiger partial charge is 0.339 e. The minimum absolute atomic E-state index is 0.0353. The van der Waals surface area contributed by atoms with Gasteiger partial charge >= 0.3 is 0 Å². The van der Waals surface area contributed by atoms with Gasteiger partial charge in [-0.15, -0.1) is 0 Å². The zero-order valence-electron chi connectivity index (χ0n) is 19.7. The monoisotopic (exact) mass is 495 g/mol. The fraction of sp³-hybridized carbons (Fsp3) is 0.214. The fourth-order valence-electron chi connectivity index (χ4n) is 4.34. The fourth-order valence-corrected chi connectivity index (χ4v) is 5.25. The van der Waals surface area contributed by atoms with Gasteiger partial charge in [0, 0.05) is 32.7 Å². The molecule has 2 heterocycles. The SMILES string of the molecule is N#Cc1ccc(-n2c(SCC(=O)N3CCN(Cc4ccccc4)CC3)nc3ccccc3c2=O)cc1. The molecule has 180 valence electrons. The first-order chi connectivity index (χ1) is 17.6. The van der Waals surface area contributed by atoms with E-state index < -0.39 is 0 Å². The molecular formula is C28H25N5O2S. The minimum atomic E-state index is -0.199. The lowest BCUT2D eigenvalue weighted by Crippen LogP contribution is -2.48. The highest BCUT2D eigenvalue weighted by atomic mass is 32.2. The maximum atomic E-state index is 13.4. The molecule has 1 amide bonds. The Labute approximate surface area is 213 Å². The number of aromatic nitrogens is 2. The van der Waals surface area contributed by atoms with Crippen molar-refractivity contribution in [3.05, 3.63) is 100 Å². The molecule has 1 aromatic heterocycles. The van der Waals surface area contributed by atoms with E-state index in [2.05, 4.69) is 23.1 Å². The highest BCUT2D eigenvalue weighted by Gasteiger charge is 2.22. The summed E-state index contributed by atoms with van der Waals surface area (Å²) in [7, 11) is 0. The van der Waals surface area contributed by atoms with Gasteiger partial charge in [0.2, 0.25) is 5.91 Å². The van der Waals surface area contributed by atoms with Crippen LogP contribution in [0.5, 0.6) is 0 Å². The van der Waals surface area contributed by atoms with Crippen LogP contribution < -0.4 is 5.56 Å². The Morgan fingerprint density at radius 1 is 0.917 bits per heavy atom. The van der Waals surface area contributed by atoms with E-state index in [4.69, 9.17) is 10.2 Å². The molecule has 0 radical (unpaired) electrons. The number of piperazine rings is 1. The van der Waals surface area contributed by atoms with Gasteiger partial charge in [0.25, 0.3) is 5.56 Å². The van der Waals surface area contributed by atoms with Crippen LogP contribution in [-0.2, 0) is 11.3 Å². The van der Waals surface area contributed by atoms with Crippen LogP contribution in [0.4, 0.5) is 0 Å². The first-order valence-electron chi connectivity index (χ1n) is 11.8. The Bertz CT molecular complexity index is 1470. The summed E-state index contributed by atoms with van der Waals surface area (Å²) in [5.41, 5.74) is 2.79. The lowest BCUT2D eigenvalue weighted by Gasteiger charge is -2.34. The van der Waals surface area contributed by atoms with E-state index in [1.54, 1.807) is 36.4 Å². The van der Waals surface area contributed by atoms with Crippen LogP contribution in [0.3, 0.4) is 0 Å². The third-order valence-corrected chi connectivity index (χ3v) is 7.22. The standard InChI is InChI=1S/C28H25N5O2S/c29-18-21-10-12-23(13-11-21)33-27(35)24-8-4-5-9-25(24)30-28(33)36-20-26(34)32-16-14-31(15-17-32)19-22-6-2-1-3-7-22/h1-13H,14-17,19-20H2. The number of benzene rings is 3. The predicted octanol–water partition coefficient (Wildman–Crippen LogP) is 3.69. The van der Waals surface area contributed by atoms with Crippen molar-refractivity contribution in [2.24, 2.45) is 0 Å². The number of rotatable bonds is 6. The molecule has 7 nitrogen and oxygen atoms in total. The number of fused-ring (bicyclic) bond motifs is 1. The minimum Gasteiger partial charge on any atom is -0.339 e. The third kappa shape index (κ3) is 5.18. The molecular weight excluding hydrogens is 470 g/mol. The number of amides is 1. The van der Waals surface area contributed by atoms with Crippen molar-refractivity contribution < 1.29 is 4.79 Å². The van der Waals surface area contributed by atoms with Crippen molar-refractivity contribution in [1.29, 1.82) is 5.26 Å². The summed E-state index contributed by atoms with van der Waals surface area (Å²) in [6.45, 7) is 3.90. The first-order valence-corrected chi connectivity index (χ1v) is 12.8. The maximum absolute atomic E-state index is 13.4. The van der Waals surface area contributed by atoms with Crippen molar-refractivity contribution in [3.8, 4) is 11.8 Å². The van der Waals surface area contributed by atoms with Crippen LogP contribution in [0.15, 0.2) is 88.8 Å². The Hall–Kier alpha value is -3.93. The number of nitriles is 1. The molecule has 1 saturated heterocycles. The molecule has 0 saturated carbocycles. The second kappa shape index (κ2) is 10.8. The van der Waals surface area contributed by atoms with Crippen molar-refractivity contribution in [3.63, 3.8) is 0 Å². The summed E-state index contributed by atoms with van der Waals surface area (Å²) >= 11 is 1.27. The number of hydrogen-bond acceptors (Lipinski definition) is 6. The summed E-state index contributed by atoms with van der Waals surface area (Å²) in [6.07, 6.45) is 0. The van der Waals surface area contributed by atoms with Gasteiger partial charge < -0.3 is 4.90 Å². The van der Waals surface area contributed by atoms with Gasteiger partial charge in [-0.3, -0.25) is 19.1 Å². The maximum Gasteiger partial charge on any atom is 0.266 e. The molecule has 0 N–H and O–H groups in total. The molecule has 0 bridgehead atoms. The summed E-state index contributed by atoms with van der Waals surface area (Å²) in [4.78, 5) is 35.4. The summed E-state index contributed by atoms with van der Waals surface area (Å²) in [6, 6.07) is 26.5. The van der Waals surface area contributed by atoms with Crippen molar-refractivity contribution in [2.45, 2.75) is 11.7 Å². The Balaban J connectivity index is 1.31. The van der Waals surface area contributed by atoms with Crippen LogP contribution in [0.25, 0.3) is 16.6 Å². The Morgan fingerprint density at radius 3 is 2.33 bits per heavy atom. The van der Waals surface area contributed by atoms with Crippen LogP contribution in [-0.4, -0.2) is 57.2 Å². The summed E-state index contributed by atoms with van der Waals surface area (Å²) < 4.78 is 1.53. The second-order valence-corrected chi connectivity index (χ2v) is 9.58. The van der Waals surface area contributed by atoms with Crippen molar-refractivity contribution in [2.75, 3.05) is 31.9 Å². The first kappa shape index (κ1) is 23.8. The van der Waals surface area contributed by atoms with E-state index in [9.17, 15) is 9.59 Å². The zero-order valence-corrected chi connectivity index (χ0v) is 20.5. The van der Waals surface area contributed by atoms with E-state index in [1.165, 1.54) is 21.9 Å². The van der Waals surface area contributed by atoms with Gasteiger partial charge in [-0.1, -0.05) is 54.2 Å². The van der Waals surface area contributed by atoms with Crippen LogP contribution >= 0.6 is 11.8 Å². The van der Waals surface area contributed by atoms with Gasteiger partial charge in [0.1, 0.15) is 0 Å². The molecule has 5 rings (SSSR count). The number of thioether (sulfide) groups is 1. The molecule has 36 heavy (non-hydrogen) atoms. The highest BCUT2D eigenvalue weighted by molar-refractivity contribution is 7.99. The lowest BCUT2D eigenvalue weighted by atomic mass is 10.2. The molecule has 1 aliphatic rings. The number of para-hydroxylation sites is 1. The normalized spacial score (nSPS) is 14.0. The predicted molar refractivity (Wildman–Crippen MR) is 141 cm³/mol. The number of carbonyl (C=O) groups is 1. The molecule has 4 aromatic rings. The average molecular weight is 496 g/mol. The summed E-state index contributed by atoms with van der Waals surface area (Å²) in [5.74, 6) is 0.230. The second-order valence-electron chi connectivity index (χ2n) is 8.64. The zero-order chi connectivity index (χ0) is 24.9. The molecule has 0 spiro atoms. The quantitative estimate of drug-likeness (QED) is 0.300. The number of hydrogen-bond donors (Lipinski definition) is 0. The molecule has 3 aromatic carbocycles. The van der Waals surface area contributed by atoms with E-state index in [0.29, 0.717) is 40.4 Å². The molecule has 1 aliphatic heterocycles. The van der Waals surface area contributed by atoms with Gasteiger partial charge in [-0.25, -0.2) is 4.98 Å². The molecule has 0 atom stereocenters. The van der Waals surface area contributed by atoms with E-state index >= 15 is 0 Å². The Kier molecular flexibility index (Phi) is 7.12. The summed E-state index contributed by atoms with van der Waals surface area (Å²) in [5, 5.41) is 10.1. The molecule has 1 fully saturated rings. The van der Waals surface area contributed by atoms with E-state index in [0.717, 1.165) is 19.6 Å². The van der Waals surface area contributed by atoms with Crippen LogP contribution in [0.1, 0.15) is 11.1 Å². The third-order valence-electron chi connectivity index (χ3n) is 6.30. The van der Waals surface area contributed by atoms with E-state index in [-0.39, 0.29) is 17.2 Å². The molecule has 0 unspecified atom stereocenters. The Morgan fingerprint density at radius 2 is 1.61 bits per heavy atom. The number of nitrogens with zero attached hydrogens (tertiary/aromatic N) is 5. The molecule has 0 aliphatic carbocycles. The van der Waals surface area contributed by atoms with Crippen molar-refractivity contribution in [1.82, 2.24) is 19.4 Å². The average Bonchev–Trinajstić information content (AvgIpc) is 2.93. The molecule has 8 heteroatoms. The highest BCUT2D eigenvalue weighted by Crippen LogP contribution is 2.22. The van der Waals surface area contributed by atoms with Gasteiger partial charge in [-0.2, -0.15) is 5.26 Å². The smallest absolute Gasteiger partial charge is 0.266 e. The number of carbonyl (C=O) groups excluding carboxylic acids is 1. The van der Waals surface area contributed by atoms with Crippen molar-refractivity contribution >= 4 is 28.6 Å². The van der Waals surface area contributed by atoms with Crippen LogP contribution in [0.2, 0.25) is 0 Å². The van der Waals surface area contributed by atoms with Gasteiger partial charge in [-0.05, 0) is 42.0 Å². The van der Waals surface area contributed by atoms with Gasteiger partial charge in [0.05, 0.1) is 34.0 Å². The van der Waals surface area contributed by atoms with E-state index in [1.807, 2.05) is 35.2 Å².